The summed E-state index contributed by atoms with van der Waals surface area (Å²) < 4.78 is 0. The summed E-state index contributed by atoms with van der Waals surface area (Å²) in [5, 5.41) is 56.7. The topological polar surface area (TPSA) is 182 Å². The first-order chi connectivity index (χ1) is 17.3. The Balaban J connectivity index is 1.77. The summed E-state index contributed by atoms with van der Waals surface area (Å²) in [7, 11) is 2.94. The molecule has 0 aliphatic heterocycles. The first-order valence-electron chi connectivity index (χ1n) is 12.2. The predicted octanol–water partition coefficient (Wildman–Crippen LogP) is 1.06. The number of hydrogen-bond acceptors (Lipinski definition) is 9. The van der Waals surface area contributed by atoms with E-state index in [4.69, 9.17) is 5.73 Å². The van der Waals surface area contributed by atoms with Crippen LogP contribution in [0.1, 0.15) is 48.8 Å². The second-order valence-corrected chi connectivity index (χ2v) is 10.7. The van der Waals surface area contributed by atoms with Crippen LogP contribution in [0.15, 0.2) is 34.6 Å². The largest absolute Gasteiger partial charge is 0.508 e. The lowest BCUT2D eigenvalue weighted by atomic mass is 9.54. The Kier molecular flexibility index (Phi) is 5.63. The van der Waals surface area contributed by atoms with Gasteiger partial charge in [-0.15, -0.1) is 0 Å². The fraction of sp³-hybridized carbons (Fsp3) is 0.444. The molecule has 1 aromatic carbocycles. The van der Waals surface area contributed by atoms with Gasteiger partial charge >= 0.3 is 0 Å². The van der Waals surface area contributed by atoms with E-state index in [2.05, 4.69) is 0 Å². The van der Waals surface area contributed by atoms with Gasteiger partial charge in [-0.25, -0.2) is 0 Å². The number of aromatic hydroxyl groups is 1. The minimum Gasteiger partial charge on any atom is -0.508 e. The lowest BCUT2D eigenvalue weighted by molar-refractivity contribution is -0.169. The Labute approximate surface area is 213 Å². The minimum absolute atomic E-state index is 0.00432. The highest BCUT2D eigenvalue weighted by Gasteiger charge is 2.68. The molecule has 0 spiro atoms. The molecule has 2 saturated carbocycles. The Morgan fingerprint density at radius 1 is 1.16 bits per heavy atom. The van der Waals surface area contributed by atoms with E-state index in [-0.39, 0.29) is 11.3 Å². The number of nitrogens with two attached hydrogens (primary N) is 1. The Morgan fingerprint density at radius 3 is 2.35 bits per heavy atom. The molecule has 5 rings (SSSR count). The zero-order valence-electron chi connectivity index (χ0n) is 20.7. The third-order valence-corrected chi connectivity index (χ3v) is 8.52. The SMILES string of the molecule is C[C@H]1c2ccc(C=C3CCC3)c(O)c2C(O)=C2C(=O)[C@]3(O)C(O)=C(C(N)=O)C(=O)[C@@H](N(C)C)[C@@H]3[C@@H](O)[C@@H]21. The summed E-state index contributed by atoms with van der Waals surface area (Å²) in [6, 6.07) is 2.06. The van der Waals surface area contributed by atoms with Crippen LogP contribution in [0.3, 0.4) is 0 Å². The maximum Gasteiger partial charge on any atom is 0.255 e. The average Bonchev–Trinajstić information content (AvgIpc) is 2.79. The third-order valence-electron chi connectivity index (χ3n) is 8.52. The fourth-order valence-electron chi connectivity index (χ4n) is 6.49. The van der Waals surface area contributed by atoms with E-state index in [1.165, 1.54) is 19.0 Å². The minimum atomic E-state index is -2.91. The van der Waals surface area contributed by atoms with E-state index in [0.717, 1.165) is 24.8 Å². The van der Waals surface area contributed by atoms with Gasteiger partial charge in [-0.2, -0.15) is 0 Å². The number of hydrogen-bond donors (Lipinski definition) is 6. The number of carbonyl (C=O) groups excluding carboxylic acids is 3. The van der Waals surface area contributed by atoms with Gasteiger partial charge in [0.2, 0.25) is 5.78 Å². The summed E-state index contributed by atoms with van der Waals surface area (Å²) in [5.41, 5.74) is 3.18. The smallest absolute Gasteiger partial charge is 0.255 e. The van der Waals surface area contributed by atoms with Crippen LogP contribution >= 0.6 is 0 Å². The molecule has 0 bridgehead atoms. The van der Waals surface area contributed by atoms with E-state index in [1.54, 1.807) is 19.1 Å². The zero-order valence-corrected chi connectivity index (χ0v) is 20.7. The van der Waals surface area contributed by atoms with Crippen LogP contribution < -0.4 is 5.73 Å². The van der Waals surface area contributed by atoms with Crippen LogP contribution in [0.4, 0.5) is 0 Å². The molecule has 7 N–H and O–H groups in total. The summed E-state index contributed by atoms with van der Waals surface area (Å²) in [6.45, 7) is 1.71. The number of phenols is 1. The van der Waals surface area contributed by atoms with Crippen molar-refractivity contribution in [2.24, 2.45) is 17.6 Å². The predicted molar refractivity (Wildman–Crippen MR) is 132 cm³/mol. The molecule has 10 nitrogen and oxygen atoms in total. The molecule has 0 unspecified atom stereocenters. The van der Waals surface area contributed by atoms with Crippen molar-refractivity contribution in [2.45, 2.75) is 49.9 Å². The number of aliphatic hydroxyl groups is 4. The molecule has 0 radical (unpaired) electrons. The van der Waals surface area contributed by atoms with E-state index >= 15 is 0 Å². The second kappa shape index (κ2) is 8.27. The monoisotopic (exact) mass is 510 g/mol. The molecule has 1 aromatic rings. The summed E-state index contributed by atoms with van der Waals surface area (Å²) in [6.07, 6.45) is 3.09. The van der Waals surface area contributed by atoms with Gasteiger partial charge in [0.05, 0.1) is 23.6 Å². The Hall–Kier alpha value is -3.47. The first-order valence-corrected chi connectivity index (χ1v) is 12.2. The van der Waals surface area contributed by atoms with E-state index in [9.17, 15) is 39.9 Å². The van der Waals surface area contributed by atoms with Crippen molar-refractivity contribution in [2.75, 3.05) is 14.1 Å². The highest BCUT2D eigenvalue weighted by atomic mass is 16.4. The average molecular weight is 511 g/mol. The number of carbonyl (C=O) groups is 3. The number of amides is 1. The van der Waals surface area contributed by atoms with Crippen LogP contribution in [0.25, 0.3) is 11.8 Å². The molecule has 0 heterocycles. The Bertz CT molecular complexity index is 1350. The van der Waals surface area contributed by atoms with Crippen molar-refractivity contribution in [3.8, 4) is 5.75 Å². The highest BCUT2D eigenvalue weighted by Crippen LogP contribution is 2.56. The van der Waals surface area contributed by atoms with E-state index in [1.807, 2.05) is 6.08 Å². The van der Waals surface area contributed by atoms with E-state index < -0.39 is 75.6 Å². The number of aliphatic hydroxyl groups excluding tert-OH is 3. The summed E-state index contributed by atoms with van der Waals surface area (Å²) >= 11 is 0. The number of allylic oxidation sites excluding steroid dienone is 1. The lowest BCUT2D eigenvalue weighted by Crippen LogP contribution is -2.70. The van der Waals surface area contributed by atoms with Crippen LogP contribution in [-0.4, -0.2) is 79.7 Å². The van der Waals surface area contributed by atoms with Crippen LogP contribution in [0.2, 0.25) is 0 Å². The molecule has 2 fully saturated rings. The molecular formula is C27H30N2O8. The summed E-state index contributed by atoms with van der Waals surface area (Å²) in [5.74, 6) is -8.81. The number of fused-ring (bicyclic) bond motifs is 3. The molecular weight excluding hydrogens is 480 g/mol. The van der Waals surface area contributed by atoms with Crippen molar-refractivity contribution in [3.05, 3.63) is 51.3 Å². The maximum absolute atomic E-state index is 14.0. The first kappa shape index (κ1) is 25.2. The number of phenolic OH excluding ortho intramolecular Hbond substituents is 1. The fourth-order valence-corrected chi connectivity index (χ4v) is 6.49. The van der Waals surface area contributed by atoms with Crippen molar-refractivity contribution in [1.82, 2.24) is 4.90 Å². The van der Waals surface area contributed by atoms with Crippen molar-refractivity contribution >= 4 is 29.3 Å². The normalized spacial score (nSPS) is 33.1. The van der Waals surface area contributed by atoms with Gasteiger partial charge in [0.25, 0.3) is 5.91 Å². The number of primary amides is 1. The van der Waals surface area contributed by atoms with Gasteiger partial charge in [-0.3, -0.25) is 19.3 Å². The van der Waals surface area contributed by atoms with Gasteiger partial charge in [-0.05, 0) is 44.8 Å². The standard InChI is InChI=1S/C27H30N2O8/c1-10-13-8-7-12(9-11-5-4-6-11)20(30)15(13)21(31)16-14(10)22(32)18-19(29(2)3)23(33)17(26(28)36)25(35)27(18,37)24(16)34/h7-10,14,18-19,22,30-32,35,37H,4-6H2,1-3H3,(H2,28,36)/t10-,14+,18+,19-,22-,27-/m0/s1. The number of likely N-dealkylation sites (N-methyl/N-ethyl adjacent to an activating group) is 1. The highest BCUT2D eigenvalue weighted by molar-refractivity contribution is 6.24. The van der Waals surface area contributed by atoms with Crippen molar-refractivity contribution in [3.63, 3.8) is 0 Å². The maximum atomic E-state index is 14.0. The van der Waals surface area contributed by atoms with Gasteiger partial charge in [0, 0.05) is 17.1 Å². The number of rotatable bonds is 3. The van der Waals surface area contributed by atoms with Gasteiger partial charge in [0.1, 0.15) is 22.8 Å². The van der Waals surface area contributed by atoms with Crippen molar-refractivity contribution in [1.29, 1.82) is 0 Å². The Morgan fingerprint density at radius 2 is 1.81 bits per heavy atom. The van der Waals surface area contributed by atoms with Gasteiger partial charge in [0.15, 0.2) is 11.4 Å². The van der Waals surface area contributed by atoms with Crippen LogP contribution in [0, 0.1) is 11.8 Å². The molecule has 4 aliphatic carbocycles. The molecule has 196 valence electrons. The number of Topliss-reactive ketones (excluding diaryl/α,β-unsaturated/α-hetero) is 2. The molecule has 4 aliphatic rings. The van der Waals surface area contributed by atoms with Gasteiger partial charge in [-0.1, -0.05) is 30.7 Å². The van der Waals surface area contributed by atoms with E-state index in [0.29, 0.717) is 11.1 Å². The molecule has 0 aromatic heterocycles. The van der Waals surface area contributed by atoms with Gasteiger partial charge < -0.3 is 31.3 Å². The third kappa shape index (κ3) is 3.19. The number of ketones is 2. The number of nitrogens with zero attached hydrogens (tertiary/aromatic N) is 1. The van der Waals surface area contributed by atoms with Crippen molar-refractivity contribution < 1.29 is 39.9 Å². The second-order valence-electron chi connectivity index (χ2n) is 10.7. The molecule has 10 heteroatoms. The molecule has 6 atom stereocenters. The summed E-state index contributed by atoms with van der Waals surface area (Å²) in [4.78, 5) is 40.6. The molecule has 0 saturated heterocycles. The molecule has 1 amide bonds. The quantitative estimate of drug-likeness (QED) is 0.324. The number of benzene rings is 1. The van der Waals surface area contributed by atoms with Crippen LogP contribution in [0.5, 0.6) is 5.75 Å². The molecule has 37 heavy (non-hydrogen) atoms. The van der Waals surface area contributed by atoms with Crippen LogP contribution in [-0.2, 0) is 14.4 Å². The lowest BCUT2D eigenvalue weighted by Gasteiger charge is -2.53. The zero-order chi connectivity index (χ0) is 27.1.